The lowest BCUT2D eigenvalue weighted by Crippen LogP contribution is -2.24. The SMILES string of the molecule is CCC(CO)Nc1nc(NCc2ccccc2)c2nnn(C(C)C)c2n1. The van der Waals surface area contributed by atoms with Crippen molar-refractivity contribution in [2.24, 2.45) is 0 Å². The van der Waals surface area contributed by atoms with Gasteiger partial charge in [0.15, 0.2) is 17.0 Å². The Morgan fingerprint density at radius 1 is 1.15 bits per heavy atom. The van der Waals surface area contributed by atoms with Gasteiger partial charge in [-0.2, -0.15) is 9.97 Å². The summed E-state index contributed by atoms with van der Waals surface area (Å²) in [6.45, 7) is 6.71. The van der Waals surface area contributed by atoms with Crippen molar-refractivity contribution in [3.8, 4) is 0 Å². The fourth-order valence-electron chi connectivity index (χ4n) is 2.61. The van der Waals surface area contributed by atoms with Crippen molar-refractivity contribution in [2.45, 2.75) is 45.8 Å². The van der Waals surface area contributed by atoms with Crippen molar-refractivity contribution < 1.29 is 5.11 Å². The van der Waals surface area contributed by atoms with E-state index in [2.05, 4.69) is 30.9 Å². The number of aliphatic hydroxyl groups excluding tert-OH is 1. The Bertz CT molecular complexity index is 843. The lowest BCUT2D eigenvalue weighted by molar-refractivity contribution is 0.271. The molecule has 0 aliphatic heterocycles. The summed E-state index contributed by atoms with van der Waals surface area (Å²) in [5.74, 6) is 1.08. The van der Waals surface area contributed by atoms with E-state index in [0.29, 0.717) is 29.5 Å². The molecule has 0 spiro atoms. The van der Waals surface area contributed by atoms with E-state index in [1.807, 2.05) is 51.1 Å². The van der Waals surface area contributed by atoms with Gasteiger partial charge < -0.3 is 15.7 Å². The molecule has 0 bridgehead atoms. The van der Waals surface area contributed by atoms with Gasteiger partial charge >= 0.3 is 0 Å². The van der Waals surface area contributed by atoms with E-state index in [9.17, 15) is 5.11 Å². The Morgan fingerprint density at radius 2 is 1.92 bits per heavy atom. The molecule has 0 amide bonds. The number of nitrogens with one attached hydrogen (secondary N) is 2. The number of aromatic nitrogens is 5. The van der Waals surface area contributed by atoms with Crippen LogP contribution in [0.25, 0.3) is 11.2 Å². The highest BCUT2D eigenvalue weighted by atomic mass is 16.3. The molecule has 0 radical (unpaired) electrons. The predicted molar refractivity (Wildman–Crippen MR) is 102 cm³/mol. The molecule has 3 rings (SSSR count). The Labute approximate surface area is 152 Å². The molecular weight excluding hydrogens is 330 g/mol. The van der Waals surface area contributed by atoms with Gasteiger partial charge in [-0.25, -0.2) is 4.68 Å². The van der Waals surface area contributed by atoms with Crippen LogP contribution in [-0.2, 0) is 6.54 Å². The van der Waals surface area contributed by atoms with Crippen LogP contribution in [0.5, 0.6) is 0 Å². The van der Waals surface area contributed by atoms with Gasteiger partial charge in [0.2, 0.25) is 5.95 Å². The summed E-state index contributed by atoms with van der Waals surface area (Å²) in [6.07, 6.45) is 0.770. The maximum Gasteiger partial charge on any atom is 0.227 e. The van der Waals surface area contributed by atoms with Gasteiger partial charge in [0.1, 0.15) is 0 Å². The van der Waals surface area contributed by atoms with Gasteiger partial charge in [-0.1, -0.05) is 42.5 Å². The molecule has 0 aliphatic carbocycles. The van der Waals surface area contributed by atoms with Gasteiger partial charge in [-0.15, -0.1) is 5.10 Å². The lowest BCUT2D eigenvalue weighted by atomic mass is 10.2. The van der Waals surface area contributed by atoms with Crippen molar-refractivity contribution in [3.05, 3.63) is 35.9 Å². The molecule has 1 atom stereocenters. The minimum Gasteiger partial charge on any atom is -0.394 e. The lowest BCUT2D eigenvalue weighted by Gasteiger charge is -2.15. The van der Waals surface area contributed by atoms with Gasteiger partial charge in [-0.05, 0) is 25.8 Å². The van der Waals surface area contributed by atoms with Gasteiger partial charge in [0.25, 0.3) is 0 Å². The molecule has 1 aromatic carbocycles. The van der Waals surface area contributed by atoms with E-state index >= 15 is 0 Å². The molecule has 3 N–H and O–H groups in total. The Kier molecular flexibility index (Phi) is 5.62. The Balaban J connectivity index is 1.96. The van der Waals surface area contributed by atoms with Crippen LogP contribution in [0.3, 0.4) is 0 Å². The third-order valence-electron chi connectivity index (χ3n) is 4.16. The molecule has 138 valence electrons. The number of aliphatic hydroxyl groups is 1. The summed E-state index contributed by atoms with van der Waals surface area (Å²) in [5, 5.41) is 24.5. The zero-order valence-corrected chi connectivity index (χ0v) is 15.3. The van der Waals surface area contributed by atoms with E-state index in [1.54, 1.807) is 4.68 Å². The molecule has 2 aromatic heterocycles. The first-order chi connectivity index (χ1) is 12.6. The van der Waals surface area contributed by atoms with Crippen molar-refractivity contribution in [3.63, 3.8) is 0 Å². The summed E-state index contributed by atoms with van der Waals surface area (Å²) < 4.78 is 1.77. The van der Waals surface area contributed by atoms with E-state index in [-0.39, 0.29) is 18.7 Å². The number of nitrogens with zero attached hydrogens (tertiary/aromatic N) is 5. The molecule has 0 saturated carbocycles. The summed E-state index contributed by atoms with van der Waals surface area (Å²) in [5.41, 5.74) is 2.45. The zero-order valence-electron chi connectivity index (χ0n) is 15.3. The van der Waals surface area contributed by atoms with Crippen molar-refractivity contribution in [2.75, 3.05) is 17.2 Å². The molecule has 8 heteroatoms. The number of rotatable bonds is 8. The molecular formula is C18H25N7O. The number of hydrogen-bond donors (Lipinski definition) is 3. The highest BCUT2D eigenvalue weighted by Crippen LogP contribution is 2.23. The molecule has 0 aliphatic rings. The average Bonchev–Trinajstić information content (AvgIpc) is 3.09. The van der Waals surface area contributed by atoms with Crippen LogP contribution in [-0.4, -0.2) is 42.7 Å². The second-order valence-corrected chi connectivity index (χ2v) is 6.47. The summed E-state index contributed by atoms with van der Waals surface area (Å²) in [6, 6.07) is 10.1. The van der Waals surface area contributed by atoms with Gasteiger partial charge in [0.05, 0.1) is 18.7 Å². The number of anilines is 2. The summed E-state index contributed by atoms with van der Waals surface area (Å²) in [7, 11) is 0. The van der Waals surface area contributed by atoms with Gasteiger partial charge in [0, 0.05) is 6.54 Å². The topological polar surface area (TPSA) is 101 Å². The van der Waals surface area contributed by atoms with Crippen LogP contribution in [0.1, 0.15) is 38.8 Å². The fraction of sp³-hybridized carbons (Fsp3) is 0.444. The third-order valence-corrected chi connectivity index (χ3v) is 4.16. The van der Waals surface area contributed by atoms with Crippen LogP contribution < -0.4 is 10.6 Å². The molecule has 0 saturated heterocycles. The Hall–Kier alpha value is -2.74. The first-order valence-electron chi connectivity index (χ1n) is 8.90. The minimum absolute atomic E-state index is 0.0202. The predicted octanol–water partition coefficient (Wildman–Crippen LogP) is 2.60. The van der Waals surface area contributed by atoms with E-state index in [4.69, 9.17) is 0 Å². The number of hydrogen-bond acceptors (Lipinski definition) is 7. The van der Waals surface area contributed by atoms with Crippen molar-refractivity contribution in [1.29, 1.82) is 0 Å². The maximum atomic E-state index is 9.46. The van der Waals surface area contributed by atoms with Crippen LogP contribution in [0.4, 0.5) is 11.8 Å². The van der Waals surface area contributed by atoms with Crippen molar-refractivity contribution in [1.82, 2.24) is 25.0 Å². The molecule has 3 aromatic rings. The largest absolute Gasteiger partial charge is 0.394 e. The van der Waals surface area contributed by atoms with Crippen LogP contribution in [0, 0.1) is 0 Å². The van der Waals surface area contributed by atoms with Crippen LogP contribution >= 0.6 is 0 Å². The monoisotopic (exact) mass is 355 g/mol. The second kappa shape index (κ2) is 8.09. The third kappa shape index (κ3) is 3.91. The average molecular weight is 355 g/mol. The van der Waals surface area contributed by atoms with E-state index < -0.39 is 0 Å². The zero-order chi connectivity index (χ0) is 18.5. The summed E-state index contributed by atoms with van der Waals surface area (Å²) >= 11 is 0. The summed E-state index contributed by atoms with van der Waals surface area (Å²) in [4.78, 5) is 9.14. The normalized spacial score (nSPS) is 12.5. The highest BCUT2D eigenvalue weighted by molar-refractivity contribution is 5.83. The smallest absolute Gasteiger partial charge is 0.227 e. The standard InChI is InChI=1S/C18H25N7O/c1-4-14(11-26)20-18-21-16(19-10-13-8-6-5-7-9-13)15-17(22-18)25(12(2)3)24-23-15/h5-9,12,14,26H,4,10-11H2,1-3H3,(H2,19,20,21,22). The number of fused-ring (bicyclic) bond motifs is 1. The van der Waals surface area contributed by atoms with Crippen LogP contribution in [0.15, 0.2) is 30.3 Å². The Morgan fingerprint density at radius 3 is 2.58 bits per heavy atom. The highest BCUT2D eigenvalue weighted by Gasteiger charge is 2.17. The van der Waals surface area contributed by atoms with Crippen molar-refractivity contribution >= 4 is 22.9 Å². The van der Waals surface area contributed by atoms with E-state index in [1.165, 1.54) is 0 Å². The first-order valence-corrected chi connectivity index (χ1v) is 8.90. The molecule has 8 nitrogen and oxygen atoms in total. The quantitative estimate of drug-likeness (QED) is 0.571. The molecule has 1 unspecified atom stereocenters. The molecule has 26 heavy (non-hydrogen) atoms. The number of benzene rings is 1. The fourth-order valence-corrected chi connectivity index (χ4v) is 2.61. The first kappa shape index (κ1) is 18.1. The van der Waals surface area contributed by atoms with Crippen LogP contribution in [0.2, 0.25) is 0 Å². The maximum absolute atomic E-state index is 9.46. The second-order valence-electron chi connectivity index (χ2n) is 6.47. The minimum atomic E-state index is -0.0993. The molecule has 2 heterocycles. The van der Waals surface area contributed by atoms with Gasteiger partial charge in [-0.3, -0.25) is 0 Å². The molecule has 0 fully saturated rings. The van der Waals surface area contributed by atoms with E-state index in [0.717, 1.165) is 12.0 Å².